The third-order valence-electron chi connectivity index (χ3n) is 2.76. The number of benzene rings is 1. The minimum atomic E-state index is -0.184. The molecular formula is C14H21BrFNO. The Morgan fingerprint density at radius 3 is 2.78 bits per heavy atom. The fourth-order valence-electron chi connectivity index (χ4n) is 1.86. The molecule has 0 spiro atoms. The third-order valence-corrected chi connectivity index (χ3v) is 3.54. The zero-order valence-electron chi connectivity index (χ0n) is 11.2. The molecule has 0 aliphatic heterocycles. The first-order valence-electron chi connectivity index (χ1n) is 6.08. The van der Waals surface area contributed by atoms with E-state index in [9.17, 15) is 4.39 Å². The Balaban J connectivity index is 2.55. The SMILES string of the molecule is COCCNCC(C)(C)Cc1cc(F)ccc1Br. The van der Waals surface area contributed by atoms with Crippen LogP contribution in [0.2, 0.25) is 0 Å². The first kappa shape index (κ1) is 15.6. The molecule has 18 heavy (non-hydrogen) atoms. The monoisotopic (exact) mass is 317 g/mol. The van der Waals surface area contributed by atoms with Crippen LogP contribution >= 0.6 is 15.9 Å². The van der Waals surface area contributed by atoms with Crippen LogP contribution < -0.4 is 5.32 Å². The van der Waals surface area contributed by atoms with Crippen molar-refractivity contribution in [3.63, 3.8) is 0 Å². The van der Waals surface area contributed by atoms with E-state index in [1.807, 2.05) is 0 Å². The first-order chi connectivity index (χ1) is 8.44. The van der Waals surface area contributed by atoms with E-state index in [0.29, 0.717) is 6.61 Å². The van der Waals surface area contributed by atoms with Crippen molar-refractivity contribution in [1.82, 2.24) is 5.32 Å². The van der Waals surface area contributed by atoms with Gasteiger partial charge in [-0.2, -0.15) is 0 Å². The van der Waals surface area contributed by atoms with Crippen molar-refractivity contribution in [2.75, 3.05) is 26.8 Å². The van der Waals surface area contributed by atoms with Gasteiger partial charge in [-0.25, -0.2) is 4.39 Å². The summed E-state index contributed by atoms with van der Waals surface area (Å²) in [5.74, 6) is -0.184. The zero-order chi connectivity index (χ0) is 13.6. The molecule has 0 amide bonds. The fraction of sp³-hybridized carbons (Fsp3) is 0.571. The van der Waals surface area contributed by atoms with Crippen LogP contribution in [0.15, 0.2) is 22.7 Å². The second-order valence-electron chi connectivity index (χ2n) is 5.25. The first-order valence-corrected chi connectivity index (χ1v) is 6.87. The van der Waals surface area contributed by atoms with E-state index in [-0.39, 0.29) is 11.2 Å². The number of ether oxygens (including phenoxy) is 1. The summed E-state index contributed by atoms with van der Waals surface area (Å²) in [4.78, 5) is 0. The van der Waals surface area contributed by atoms with E-state index in [0.717, 1.165) is 29.5 Å². The molecule has 0 saturated heterocycles. The minimum absolute atomic E-state index is 0.0735. The summed E-state index contributed by atoms with van der Waals surface area (Å²) in [5.41, 5.74) is 1.08. The molecule has 0 unspecified atom stereocenters. The summed E-state index contributed by atoms with van der Waals surface area (Å²) in [6.07, 6.45) is 0.825. The lowest BCUT2D eigenvalue weighted by Gasteiger charge is -2.25. The topological polar surface area (TPSA) is 21.3 Å². The average Bonchev–Trinajstić information content (AvgIpc) is 2.29. The lowest BCUT2D eigenvalue weighted by molar-refractivity contribution is 0.194. The summed E-state index contributed by atoms with van der Waals surface area (Å²) >= 11 is 3.47. The molecule has 1 aromatic carbocycles. The van der Waals surface area contributed by atoms with Gasteiger partial charge >= 0.3 is 0 Å². The van der Waals surface area contributed by atoms with Crippen LogP contribution in [0.1, 0.15) is 19.4 Å². The predicted molar refractivity (Wildman–Crippen MR) is 76.3 cm³/mol. The molecule has 4 heteroatoms. The van der Waals surface area contributed by atoms with E-state index in [2.05, 4.69) is 35.1 Å². The van der Waals surface area contributed by atoms with Crippen LogP contribution in [0.5, 0.6) is 0 Å². The van der Waals surface area contributed by atoms with Crippen LogP contribution in [0.3, 0.4) is 0 Å². The number of methoxy groups -OCH3 is 1. The second kappa shape index (κ2) is 7.22. The van der Waals surface area contributed by atoms with Crippen molar-refractivity contribution < 1.29 is 9.13 Å². The van der Waals surface area contributed by atoms with Gasteiger partial charge in [0.25, 0.3) is 0 Å². The standard InChI is InChI=1S/C14H21BrFNO/c1-14(2,10-17-6-7-18-3)9-11-8-12(16)4-5-13(11)15/h4-5,8,17H,6-7,9-10H2,1-3H3. The van der Waals surface area contributed by atoms with Crippen molar-refractivity contribution in [2.45, 2.75) is 20.3 Å². The van der Waals surface area contributed by atoms with Crippen molar-refractivity contribution >= 4 is 15.9 Å². The van der Waals surface area contributed by atoms with Gasteiger partial charge in [-0.3, -0.25) is 0 Å². The quantitative estimate of drug-likeness (QED) is 0.778. The highest BCUT2D eigenvalue weighted by atomic mass is 79.9. The van der Waals surface area contributed by atoms with Gasteiger partial charge in [-0.1, -0.05) is 29.8 Å². The van der Waals surface area contributed by atoms with Gasteiger partial charge < -0.3 is 10.1 Å². The highest BCUT2D eigenvalue weighted by Crippen LogP contribution is 2.26. The van der Waals surface area contributed by atoms with E-state index in [4.69, 9.17) is 4.74 Å². The highest BCUT2D eigenvalue weighted by Gasteiger charge is 2.19. The van der Waals surface area contributed by atoms with Gasteiger partial charge in [0.1, 0.15) is 5.82 Å². The molecule has 102 valence electrons. The molecule has 1 rings (SSSR count). The van der Waals surface area contributed by atoms with Crippen molar-refractivity contribution in [3.8, 4) is 0 Å². The van der Waals surface area contributed by atoms with Crippen molar-refractivity contribution in [1.29, 1.82) is 0 Å². The van der Waals surface area contributed by atoms with E-state index < -0.39 is 0 Å². The minimum Gasteiger partial charge on any atom is -0.383 e. The fourth-order valence-corrected chi connectivity index (χ4v) is 2.24. The highest BCUT2D eigenvalue weighted by molar-refractivity contribution is 9.10. The third kappa shape index (κ3) is 5.46. The molecule has 1 aromatic rings. The average molecular weight is 318 g/mol. The van der Waals surface area contributed by atoms with Gasteiger partial charge in [-0.05, 0) is 35.6 Å². The van der Waals surface area contributed by atoms with Gasteiger partial charge in [0.2, 0.25) is 0 Å². The molecule has 0 saturated carbocycles. The number of hydrogen-bond donors (Lipinski definition) is 1. The molecule has 0 fully saturated rings. The maximum absolute atomic E-state index is 13.2. The Kier molecular flexibility index (Phi) is 6.26. The predicted octanol–water partition coefficient (Wildman–Crippen LogP) is 3.39. The van der Waals surface area contributed by atoms with Crippen LogP contribution in [-0.4, -0.2) is 26.8 Å². The smallest absolute Gasteiger partial charge is 0.123 e. The Labute approximate surface area is 117 Å². The number of rotatable bonds is 7. The molecule has 0 radical (unpaired) electrons. The molecular weight excluding hydrogens is 297 g/mol. The summed E-state index contributed by atoms with van der Waals surface area (Å²) in [6, 6.07) is 4.83. The summed E-state index contributed by atoms with van der Waals surface area (Å²) in [6.45, 7) is 6.76. The van der Waals surface area contributed by atoms with Crippen LogP contribution in [-0.2, 0) is 11.2 Å². The summed E-state index contributed by atoms with van der Waals surface area (Å²) in [5, 5.41) is 3.35. The number of halogens is 2. The second-order valence-corrected chi connectivity index (χ2v) is 6.10. The summed E-state index contributed by atoms with van der Waals surface area (Å²) < 4.78 is 19.2. The maximum atomic E-state index is 13.2. The molecule has 0 atom stereocenters. The number of nitrogens with one attached hydrogen (secondary N) is 1. The normalized spacial score (nSPS) is 11.8. The van der Waals surface area contributed by atoms with E-state index in [1.54, 1.807) is 19.2 Å². The Morgan fingerprint density at radius 2 is 2.11 bits per heavy atom. The van der Waals surface area contributed by atoms with Crippen molar-refractivity contribution in [3.05, 3.63) is 34.1 Å². The lowest BCUT2D eigenvalue weighted by atomic mass is 9.85. The largest absolute Gasteiger partial charge is 0.383 e. The van der Waals surface area contributed by atoms with Gasteiger partial charge in [-0.15, -0.1) is 0 Å². The Bertz CT molecular complexity index is 382. The number of hydrogen-bond acceptors (Lipinski definition) is 2. The molecule has 0 bridgehead atoms. The van der Waals surface area contributed by atoms with Gasteiger partial charge in [0, 0.05) is 24.7 Å². The molecule has 0 aliphatic rings. The molecule has 0 aromatic heterocycles. The van der Waals surface area contributed by atoms with E-state index in [1.165, 1.54) is 6.07 Å². The molecule has 0 aliphatic carbocycles. The zero-order valence-corrected chi connectivity index (χ0v) is 12.8. The van der Waals surface area contributed by atoms with Crippen molar-refractivity contribution in [2.24, 2.45) is 5.41 Å². The lowest BCUT2D eigenvalue weighted by Crippen LogP contribution is -2.33. The maximum Gasteiger partial charge on any atom is 0.123 e. The molecule has 2 nitrogen and oxygen atoms in total. The van der Waals surface area contributed by atoms with Crippen LogP contribution in [0.4, 0.5) is 4.39 Å². The molecule has 1 N–H and O–H groups in total. The Morgan fingerprint density at radius 1 is 1.39 bits per heavy atom. The van der Waals surface area contributed by atoms with E-state index >= 15 is 0 Å². The van der Waals surface area contributed by atoms with Gasteiger partial charge in [0.05, 0.1) is 6.61 Å². The molecule has 0 heterocycles. The summed E-state index contributed by atoms with van der Waals surface area (Å²) in [7, 11) is 1.69. The van der Waals surface area contributed by atoms with Gasteiger partial charge in [0.15, 0.2) is 0 Å². The Hall–Kier alpha value is -0.450. The van der Waals surface area contributed by atoms with Crippen LogP contribution in [0, 0.1) is 11.2 Å². The van der Waals surface area contributed by atoms with Crippen LogP contribution in [0.25, 0.3) is 0 Å².